The van der Waals surface area contributed by atoms with Crippen LogP contribution in [0.4, 0.5) is 0 Å². The second-order valence-electron chi connectivity index (χ2n) is 7.20. The van der Waals surface area contributed by atoms with Crippen molar-refractivity contribution in [3.8, 4) is 0 Å². The van der Waals surface area contributed by atoms with Crippen LogP contribution < -0.4 is 5.32 Å². The van der Waals surface area contributed by atoms with Gasteiger partial charge in [0.15, 0.2) is 0 Å². The van der Waals surface area contributed by atoms with Crippen molar-refractivity contribution in [1.29, 1.82) is 0 Å². The first kappa shape index (κ1) is 19.9. The Balaban J connectivity index is 2.06. The van der Waals surface area contributed by atoms with Gasteiger partial charge in [0.2, 0.25) is 12.3 Å². The van der Waals surface area contributed by atoms with Crippen LogP contribution in [-0.2, 0) is 14.4 Å². The van der Waals surface area contributed by atoms with Gasteiger partial charge in [0, 0.05) is 30.1 Å². The summed E-state index contributed by atoms with van der Waals surface area (Å²) in [6.07, 6.45) is 7.99. The number of hydrogen-bond acceptors (Lipinski definition) is 3. The molecule has 1 aliphatic rings. The normalized spacial score (nSPS) is 25.6. The third-order valence-corrected chi connectivity index (χ3v) is 5.22. The predicted molar refractivity (Wildman–Crippen MR) is 102 cm³/mol. The molecule has 1 fully saturated rings. The lowest BCUT2D eigenvalue weighted by atomic mass is 9.70. The summed E-state index contributed by atoms with van der Waals surface area (Å²) >= 11 is 0. The molecular weight excluding hydrogens is 328 g/mol. The lowest BCUT2D eigenvalue weighted by molar-refractivity contribution is -0.125. The highest BCUT2D eigenvalue weighted by atomic mass is 16.2. The van der Waals surface area contributed by atoms with Crippen molar-refractivity contribution >= 4 is 24.7 Å². The Morgan fingerprint density at radius 2 is 2.04 bits per heavy atom. The van der Waals surface area contributed by atoms with Gasteiger partial charge in [0.25, 0.3) is 0 Å². The molecule has 0 heterocycles. The smallest absolute Gasteiger partial charge is 0.244 e. The van der Waals surface area contributed by atoms with E-state index in [1.807, 2.05) is 44.2 Å². The van der Waals surface area contributed by atoms with Gasteiger partial charge in [0.05, 0.1) is 0 Å². The number of rotatable bonds is 8. The zero-order chi connectivity index (χ0) is 19.0. The minimum Gasteiger partial charge on any atom is -0.349 e. The Morgan fingerprint density at radius 1 is 1.31 bits per heavy atom. The lowest BCUT2D eigenvalue weighted by Crippen LogP contribution is -2.54. The molecule has 1 aromatic rings. The van der Waals surface area contributed by atoms with E-state index in [2.05, 4.69) is 5.32 Å². The maximum absolute atomic E-state index is 12.4. The monoisotopic (exact) mass is 356 g/mol. The van der Waals surface area contributed by atoms with Crippen LogP contribution in [0.15, 0.2) is 36.4 Å². The molecule has 1 N–H and O–H groups in total. The highest BCUT2D eigenvalue weighted by molar-refractivity contribution is 5.92. The third-order valence-electron chi connectivity index (χ3n) is 5.22. The molecule has 2 rings (SSSR count). The van der Waals surface area contributed by atoms with Gasteiger partial charge in [-0.3, -0.25) is 9.59 Å². The highest BCUT2D eigenvalue weighted by Gasteiger charge is 2.41. The van der Waals surface area contributed by atoms with Gasteiger partial charge in [-0.2, -0.15) is 0 Å². The van der Waals surface area contributed by atoms with E-state index in [9.17, 15) is 14.4 Å². The molecule has 140 valence electrons. The molecule has 0 spiro atoms. The van der Waals surface area contributed by atoms with E-state index >= 15 is 0 Å². The first-order chi connectivity index (χ1) is 12.5. The molecule has 0 bridgehead atoms. The van der Waals surface area contributed by atoms with Crippen molar-refractivity contribution in [1.82, 2.24) is 10.2 Å². The Bertz CT molecular complexity index is 644. The summed E-state index contributed by atoms with van der Waals surface area (Å²) in [5.74, 6) is -0.222. The van der Waals surface area contributed by atoms with E-state index in [0.29, 0.717) is 19.4 Å². The summed E-state index contributed by atoms with van der Waals surface area (Å²) in [5.41, 5.74) is 0.338. The number of aldehydes is 1. The van der Waals surface area contributed by atoms with Crippen LogP contribution in [0.5, 0.6) is 0 Å². The van der Waals surface area contributed by atoms with Crippen molar-refractivity contribution in [2.24, 2.45) is 5.41 Å². The largest absolute Gasteiger partial charge is 0.349 e. The zero-order valence-electron chi connectivity index (χ0n) is 15.6. The Morgan fingerprint density at radius 3 is 2.65 bits per heavy atom. The van der Waals surface area contributed by atoms with Gasteiger partial charge in [-0.25, -0.2) is 0 Å². The standard InChI is InChI=1S/C21H28N2O3/c1-3-13-23(16-25)18-11-12-21(2,15-24)19(14-18)22-20(26)10-9-17-7-5-4-6-8-17/h4-10,15-16,18-19H,3,11-14H2,1-2H3,(H,22,26)/t18-,19?,21+/m0/s1. The fraction of sp³-hybridized carbons (Fsp3) is 0.476. The molecular formula is C21H28N2O3. The molecule has 1 unspecified atom stereocenters. The summed E-state index contributed by atoms with van der Waals surface area (Å²) in [4.78, 5) is 37.2. The fourth-order valence-electron chi connectivity index (χ4n) is 3.51. The van der Waals surface area contributed by atoms with Gasteiger partial charge in [-0.1, -0.05) is 44.2 Å². The van der Waals surface area contributed by atoms with Gasteiger partial charge >= 0.3 is 0 Å². The molecule has 5 nitrogen and oxygen atoms in total. The summed E-state index contributed by atoms with van der Waals surface area (Å²) in [6.45, 7) is 4.61. The van der Waals surface area contributed by atoms with Gasteiger partial charge in [-0.15, -0.1) is 0 Å². The lowest BCUT2D eigenvalue weighted by Gasteiger charge is -2.43. The maximum atomic E-state index is 12.4. The number of nitrogens with one attached hydrogen (secondary N) is 1. The third kappa shape index (κ3) is 5.04. The maximum Gasteiger partial charge on any atom is 0.244 e. The molecule has 1 aromatic carbocycles. The number of carbonyl (C=O) groups excluding carboxylic acids is 3. The molecule has 0 saturated heterocycles. The van der Waals surface area contributed by atoms with Gasteiger partial charge < -0.3 is 15.0 Å². The van der Waals surface area contributed by atoms with Gasteiger partial charge in [0.1, 0.15) is 6.29 Å². The van der Waals surface area contributed by atoms with Crippen LogP contribution in [0.25, 0.3) is 6.08 Å². The zero-order valence-corrected chi connectivity index (χ0v) is 15.6. The van der Waals surface area contributed by atoms with E-state index in [-0.39, 0.29) is 18.0 Å². The van der Waals surface area contributed by atoms with E-state index in [1.54, 1.807) is 11.0 Å². The minimum absolute atomic E-state index is 0.0591. The van der Waals surface area contributed by atoms with Crippen molar-refractivity contribution in [3.63, 3.8) is 0 Å². The van der Waals surface area contributed by atoms with Crippen molar-refractivity contribution in [2.75, 3.05) is 6.54 Å². The molecule has 1 aliphatic carbocycles. The van der Waals surface area contributed by atoms with Crippen molar-refractivity contribution in [2.45, 2.75) is 51.6 Å². The molecule has 5 heteroatoms. The minimum atomic E-state index is -0.604. The number of carbonyl (C=O) groups is 3. The molecule has 0 radical (unpaired) electrons. The molecule has 0 aliphatic heterocycles. The molecule has 26 heavy (non-hydrogen) atoms. The topological polar surface area (TPSA) is 66.5 Å². The summed E-state index contributed by atoms with van der Waals surface area (Å²) in [6, 6.07) is 9.35. The number of amides is 2. The van der Waals surface area contributed by atoms with Gasteiger partial charge in [-0.05, 0) is 37.3 Å². The highest BCUT2D eigenvalue weighted by Crippen LogP contribution is 2.36. The van der Waals surface area contributed by atoms with Crippen LogP contribution >= 0.6 is 0 Å². The Hall–Kier alpha value is -2.43. The molecule has 2 amide bonds. The number of nitrogens with zero attached hydrogens (tertiary/aromatic N) is 1. The van der Waals surface area contributed by atoms with E-state index in [4.69, 9.17) is 0 Å². The summed E-state index contributed by atoms with van der Waals surface area (Å²) in [7, 11) is 0. The second-order valence-corrected chi connectivity index (χ2v) is 7.20. The van der Waals surface area contributed by atoms with E-state index in [0.717, 1.165) is 31.1 Å². The van der Waals surface area contributed by atoms with Crippen molar-refractivity contribution in [3.05, 3.63) is 42.0 Å². The number of hydrogen-bond donors (Lipinski definition) is 1. The Kier molecular flexibility index (Phi) is 7.13. The van der Waals surface area contributed by atoms with Crippen molar-refractivity contribution < 1.29 is 14.4 Å². The van der Waals surface area contributed by atoms with Crippen LogP contribution in [0.3, 0.4) is 0 Å². The molecule has 1 saturated carbocycles. The van der Waals surface area contributed by atoms with Crippen LogP contribution in [0.1, 0.15) is 45.1 Å². The average Bonchev–Trinajstić information content (AvgIpc) is 2.67. The van der Waals surface area contributed by atoms with Crippen LogP contribution in [0, 0.1) is 5.41 Å². The predicted octanol–water partition coefficient (Wildman–Crippen LogP) is 2.81. The second kappa shape index (κ2) is 9.32. The number of benzene rings is 1. The van der Waals surface area contributed by atoms with Crippen LogP contribution in [0.2, 0.25) is 0 Å². The SMILES string of the molecule is CCCN(C=O)[C@H]1CC[C@](C)(C=O)C(NC(=O)C=Cc2ccccc2)C1. The fourth-order valence-corrected chi connectivity index (χ4v) is 3.51. The van der Waals surface area contributed by atoms with Crippen LogP contribution in [-0.4, -0.2) is 42.1 Å². The first-order valence-corrected chi connectivity index (χ1v) is 9.23. The molecule has 3 atom stereocenters. The first-order valence-electron chi connectivity index (χ1n) is 9.23. The summed E-state index contributed by atoms with van der Waals surface area (Å²) in [5, 5.41) is 2.98. The van der Waals surface area contributed by atoms with E-state index < -0.39 is 5.41 Å². The molecule has 0 aromatic heterocycles. The average molecular weight is 356 g/mol. The summed E-state index contributed by atoms with van der Waals surface area (Å²) < 4.78 is 0. The van der Waals surface area contributed by atoms with E-state index in [1.165, 1.54) is 6.08 Å². The Labute approximate surface area is 155 Å². The quantitative estimate of drug-likeness (QED) is 0.575.